The summed E-state index contributed by atoms with van der Waals surface area (Å²) in [5.74, 6) is 0.276. The molecule has 0 aromatic carbocycles. The second-order valence-corrected chi connectivity index (χ2v) is 3.32. The van der Waals surface area contributed by atoms with Crippen LogP contribution in [0.3, 0.4) is 0 Å². The van der Waals surface area contributed by atoms with Crippen LogP contribution in [0.15, 0.2) is 12.7 Å². The van der Waals surface area contributed by atoms with Gasteiger partial charge in [-0.25, -0.2) is 0 Å². The van der Waals surface area contributed by atoms with Gasteiger partial charge in [0.1, 0.15) is 0 Å². The summed E-state index contributed by atoms with van der Waals surface area (Å²) in [4.78, 5) is 15.6. The van der Waals surface area contributed by atoms with Crippen molar-refractivity contribution in [3.63, 3.8) is 0 Å². The Kier molecular flexibility index (Phi) is 3.96. The third-order valence-corrected chi connectivity index (χ3v) is 2.41. The maximum atomic E-state index is 11.3. The summed E-state index contributed by atoms with van der Waals surface area (Å²) in [6.07, 6.45) is 2.54. The van der Waals surface area contributed by atoms with Gasteiger partial charge in [-0.2, -0.15) is 0 Å². The van der Waals surface area contributed by atoms with E-state index in [2.05, 4.69) is 11.5 Å². The summed E-state index contributed by atoms with van der Waals surface area (Å²) in [7, 11) is 0. The molecule has 1 fully saturated rings. The predicted octanol–water partition coefficient (Wildman–Crippen LogP) is 0.727. The van der Waals surface area contributed by atoms with E-state index in [1.54, 1.807) is 0 Å². The van der Waals surface area contributed by atoms with Crippen molar-refractivity contribution in [1.29, 1.82) is 0 Å². The molecule has 0 aliphatic carbocycles. The predicted molar refractivity (Wildman–Crippen MR) is 53.5 cm³/mol. The first-order valence-electron chi connectivity index (χ1n) is 4.89. The Morgan fingerprint density at radius 2 is 2.00 bits per heavy atom. The van der Waals surface area contributed by atoms with Crippen molar-refractivity contribution in [2.24, 2.45) is 0 Å². The number of piperazine rings is 1. The highest BCUT2D eigenvalue weighted by atomic mass is 16.2. The highest BCUT2D eigenvalue weighted by Crippen LogP contribution is 2.02. The molecule has 0 aromatic heterocycles. The molecule has 1 saturated heterocycles. The maximum Gasteiger partial charge on any atom is 0.222 e. The maximum absolute atomic E-state index is 11.3. The van der Waals surface area contributed by atoms with E-state index in [1.807, 2.05) is 17.9 Å². The van der Waals surface area contributed by atoms with Gasteiger partial charge in [-0.3, -0.25) is 9.69 Å². The van der Waals surface area contributed by atoms with Crippen molar-refractivity contribution in [3.05, 3.63) is 12.7 Å². The number of hydrogen-bond acceptors (Lipinski definition) is 2. The molecule has 1 aliphatic rings. The second-order valence-electron chi connectivity index (χ2n) is 3.32. The van der Waals surface area contributed by atoms with Crippen LogP contribution in [0.2, 0.25) is 0 Å². The average molecular weight is 182 g/mol. The number of hydrogen-bond donors (Lipinski definition) is 0. The summed E-state index contributed by atoms with van der Waals surface area (Å²) < 4.78 is 0. The number of carbonyl (C=O) groups excluding carboxylic acids is 1. The van der Waals surface area contributed by atoms with Crippen LogP contribution in [0.4, 0.5) is 0 Å². The highest BCUT2D eigenvalue weighted by Gasteiger charge is 2.18. The molecule has 74 valence electrons. The van der Waals surface area contributed by atoms with E-state index in [4.69, 9.17) is 0 Å². The second kappa shape index (κ2) is 5.02. The van der Waals surface area contributed by atoms with E-state index in [1.165, 1.54) is 0 Å². The van der Waals surface area contributed by atoms with Gasteiger partial charge in [-0.05, 0) is 0 Å². The van der Waals surface area contributed by atoms with Crippen molar-refractivity contribution < 1.29 is 4.79 Å². The number of nitrogens with zero attached hydrogens (tertiary/aromatic N) is 2. The summed E-state index contributed by atoms with van der Waals surface area (Å²) in [5.41, 5.74) is 0. The van der Waals surface area contributed by atoms with Crippen molar-refractivity contribution in [1.82, 2.24) is 9.80 Å². The molecule has 0 bridgehead atoms. The third kappa shape index (κ3) is 2.84. The zero-order valence-electron chi connectivity index (χ0n) is 8.33. The minimum absolute atomic E-state index is 0.276. The Balaban J connectivity index is 2.30. The molecule has 0 saturated carbocycles. The summed E-state index contributed by atoms with van der Waals surface area (Å²) in [6.45, 7) is 10.3. The van der Waals surface area contributed by atoms with Gasteiger partial charge in [0.25, 0.3) is 0 Å². The van der Waals surface area contributed by atoms with Crippen LogP contribution in [-0.4, -0.2) is 48.4 Å². The van der Waals surface area contributed by atoms with Gasteiger partial charge < -0.3 is 4.90 Å². The minimum Gasteiger partial charge on any atom is -0.340 e. The van der Waals surface area contributed by atoms with Gasteiger partial charge in [-0.15, -0.1) is 6.58 Å². The standard InChI is InChI=1S/C10H18N2O/c1-3-5-11-6-8-12(9-7-11)10(13)4-2/h3H,1,4-9H2,2H3. The van der Waals surface area contributed by atoms with E-state index in [0.717, 1.165) is 32.7 Å². The molecule has 0 spiro atoms. The van der Waals surface area contributed by atoms with Gasteiger partial charge >= 0.3 is 0 Å². The van der Waals surface area contributed by atoms with Crippen molar-refractivity contribution in [2.75, 3.05) is 32.7 Å². The Morgan fingerprint density at radius 1 is 1.38 bits per heavy atom. The number of amides is 1. The molecule has 0 aromatic rings. The molecule has 0 atom stereocenters. The quantitative estimate of drug-likeness (QED) is 0.601. The lowest BCUT2D eigenvalue weighted by Crippen LogP contribution is -2.48. The lowest BCUT2D eigenvalue weighted by atomic mass is 10.3. The molecule has 13 heavy (non-hydrogen) atoms. The number of carbonyl (C=O) groups is 1. The van der Waals surface area contributed by atoms with E-state index in [0.29, 0.717) is 6.42 Å². The van der Waals surface area contributed by atoms with Gasteiger partial charge in [0.2, 0.25) is 5.91 Å². The van der Waals surface area contributed by atoms with Crippen LogP contribution in [0.25, 0.3) is 0 Å². The van der Waals surface area contributed by atoms with Crippen LogP contribution < -0.4 is 0 Å². The molecule has 3 nitrogen and oxygen atoms in total. The molecule has 1 aliphatic heterocycles. The molecular weight excluding hydrogens is 164 g/mol. The third-order valence-electron chi connectivity index (χ3n) is 2.41. The monoisotopic (exact) mass is 182 g/mol. The molecule has 1 amide bonds. The molecule has 0 unspecified atom stereocenters. The minimum atomic E-state index is 0.276. The lowest BCUT2D eigenvalue weighted by molar-refractivity contribution is -0.132. The van der Waals surface area contributed by atoms with Crippen LogP contribution in [0, 0.1) is 0 Å². The summed E-state index contributed by atoms with van der Waals surface area (Å²) in [6, 6.07) is 0. The first kappa shape index (κ1) is 10.3. The average Bonchev–Trinajstić information content (AvgIpc) is 2.18. The summed E-state index contributed by atoms with van der Waals surface area (Å²) >= 11 is 0. The van der Waals surface area contributed by atoms with Crippen LogP contribution >= 0.6 is 0 Å². The Morgan fingerprint density at radius 3 is 2.46 bits per heavy atom. The fourth-order valence-corrected chi connectivity index (χ4v) is 1.59. The molecular formula is C10H18N2O. The van der Waals surface area contributed by atoms with Gasteiger partial charge in [0, 0.05) is 39.1 Å². The first-order valence-corrected chi connectivity index (χ1v) is 4.89. The van der Waals surface area contributed by atoms with E-state index in [-0.39, 0.29) is 5.91 Å². The smallest absolute Gasteiger partial charge is 0.222 e. The molecule has 1 rings (SSSR count). The van der Waals surface area contributed by atoms with Gasteiger partial charge in [0.05, 0.1) is 0 Å². The van der Waals surface area contributed by atoms with Crippen LogP contribution in [0.5, 0.6) is 0 Å². The van der Waals surface area contributed by atoms with E-state index in [9.17, 15) is 4.79 Å². The van der Waals surface area contributed by atoms with Crippen molar-refractivity contribution in [2.45, 2.75) is 13.3 Å². The lowest BCUT2D eigenvalue weighted by Gasteiger charge is -2.33. The molecule has 0 radical (unpaired) electrons. The SMILES string of the molecule is C=CCN1CCN(C(=O)CC)CC1. The first-order chi connectivity index (χ1) is 6.27. The van der Waals surface area contributed by atoms with E-state index < -0.39 is 0 Å². The number of rotatable bonds is 3. The summed E-state index contributed by atoms with van der Waals surface area (Å²) in [5, 5.41) is 0. The fourth-order valence-electron chi connectivity index (χ4n) is 1.59. The van der Waals surface area contributed by atoms with Crippen LogP contribution in [0.1, 0.15) is 13.3 Å². The zero-order chi connectivity index (χ0) is 9.68. The van der Waals surface area contributed by atoms with Crippen LogP contribution in [-0.2, 0) is 4.79 Å². The molecule has 1 heterocycles. The van der Waals surface area contributed by atoms with Crippen molar-refractivity contribution in [3.8, 4) is 0 Å². The van der Waals surface area contributed by atoms with Crippen molar-refractivity contribution >= 4 is 5.91 Å². The normalized spacial score (nSPS) is 18.7. The van der Waals surface area contributed by atoms with E-state index >= 15 is 0 Å². The topological polar surface area (TPSA) is 23.6 Å². The fraction of sp³-hybridized carbons (Fsp3) is 0.700. The zero-order valence-corrected chi connectivity index (χ0v) is 8.33. The molecule has 0 N–H and O–H groups in total. The Bertz CT molecular complexity index is 183. The highest BCUT2D eigenvalue weighted by molar-refractivity contribution is 5.75. The largest absolute Gasteiger partial charge is 0.340 e. The Labute approximate surface area is 80.0 Å². The molecule has 3 heteroatoms. The van der Waals surface area contributed by atoms with Gasteiger partial charge in [-0.1, -0.05) is 13.0 Å². The van der Waals surface area contributed by atoms with Gasteiger partial charge in [0.15, 0.2) is 0 Å². The Hall–Kier alpha value is -0.830.